The molecule has 4 aromatic rings. The highest BCUT2D eigenvalue weighted by Crippen LogP contribution is 2.26. The van der Waals surface area contributed by atoms with Crippen LogP contribution in [-0.2, 0) is 16.6 Å². The molecule has 1 aromatic heterocycles. The van der Waals surface area contributed by atoms with Gasteiger partial charge in [0, 0.05) is 18.0 Å². The summed E-state index contributed by atoms with van der Waals surface area (Å²) < 4.78 is 33.2. The van der Waals surface area contributed by atoms with Crippen LogP contribution in [0.1, 0.15) is 11.1 Å². The number of ether oxygens (including phenoxy) is 1. The van der Waals surface area contributed by atoms with Crippen LogP contribution in [0.3, 0.4) is 0 Å². The molecule has 0 saturated carbocycles. The summed E-state index contributed by atoms with van der Waals surface area (Å²) in [6, 6.07) is 23.9. The summed E-state index contributed by atoms with van der Waals surface area (Å²) in [4.78, 5) is 4.50. The van der Waals surface area contributed by atoms with Gasteiger partial charge in [0.25, 0.3) is 10.0 Å². The molecular weight excluding hydrogens is 384 g/mol. The Balaban J connectivity index is 1.63. The van der Waals surface area contributed by atoms with Crippen LogP contribution in [0.4, 0.5) is 0 Å². The van der Waals surface area contributed by atoms with E-state index in [0.717, 1.165) is 11.1 Å². The van der Waals surface area contributed by atoms with E-state index in [-0.39, 0.29) is 4.90 Å². The fourth-order valence-corrected chi connectivity index (χ4v) is 4.28. The molecule has 6 heteroatoms. The van der Waals surface area contributed by atoms with Crippen LogP contribution >= 0.6 is 0 Å². The van der Waals surface area contributed by atoms with Gasteiger partial charge in [-0.2, -0.15) is 0 Å². The molecule has 0 saturated heterocycles. The van der Waals surface area contributed by atoms with Crippen molar-refractivity contribution >= 4 is 10.0 Å². The van der Waals surface area contributed by atoms with Gasteiger partial charge in [0.15, 0.2) is 5.82 Å². The van der Waals surface area contributed by atoms with Gasteiger partial charge in [0.2, 0.25) is 0 Å². The van der Waals surface area contributed by atoms with Crippen LogP contribution < -0.4 is 4.74 Å². The lowest BCUT2D eigenvalue weighted by Crippen LogP contribution is -2.13. The third-order valence-electron chi connectivity index (χ3n) is 4.53. The fourth-order valence-electron chi connectivity index (χ4n) is 2.98. The smallest absolute Gasteiger partial charge is 0.269 e. The maximum absolute atomic E-state index is 13.1. The number of hydrogen-bond acceptors (Lipinski definition) is 4. The minimum absolute atomic E-state index is 0.221. The Labute approximate surface area is 170 Å². The monoisotopic (exact) mass is 404 g/mol. The minimum atomic E-state index is -3.75. The molecule has 4 rings (SSSR count). The molecule has 0 amide bonds. The second-order valence-electron chi connectivity index (χ2n) is 6.67. The Hall–Kier alpha value is -3.38. The van der Waals surface area contributed by atoms with Crippen LogP contribution in [0, 0.1) is 6.92 Å². The van der Waals surface area contributed by atoms with Crippen molar-refractivity contribution in [2.45, 2.75) is 18.4 Å². The molecule has 5 nitrogen and oxygen atoms in total. The van der Waals surface area contributed by atoms with Crippen molar-refractivity contribution in [1.82, 2.24) is 8.96 Å². The van der Waals surface area contributed by atoms with Crippen LogP contribution in [0.5, 0.6) is 5.75 Å². The molecule has 0 N–H and O–H groups in total. The lowest BCUT2D eigenvalue weighted by molar-refractivity contribution is 0.306. The molecule has 0 aliphatic rings. The van der Waals surface area contributed by atoms with E-state index in [1.54, 1.807) is 30.3 Å². The standard InChI is InChI=1S/C23H20N2O3S/c1-18-10-12-22(13-11-18)29(26,27)25-15-14-24-23(25)20-8-5-9-21(16-20)28-17-19-6-3-2-4-7-19/h2-16H,17H2,1H3. The van der Waals surface area contributed by atoms with E-state index in [2.05, 4.69) is 4.98 Å². The summed E-state index contributed by atoms with van der Waals surface area (Å²) in [5.74, 6) is 0.990. The number of nitrogens with zero attached hydrogens (tertiary/aromatic N) is 2. The molecule has 3 aromatic carbocycles. The Morgan fingerprint density at radius 3 is 2.45 bits per heavy atom. The number of aryl methyl sites for hydroxylation is 1. The highest BCUT2D eigenvalue weighted by Gasteiger charge is 2.21. The Kier molecular flexibility index (Phi) is 5.18. The Morgan fingerprint density at radius 1 is 0.931 bits per heavy atom. The van der Waals surface area contributed by atoms with Gasteiger partial charge in [-0.1, -0.05) is 60.2 Å². The van der Waals surface area contributed by atoms with E-state index in [4.69, 9.17) is 4.74 Å². The molecule has 0 spiro atoms. The van der Waals surface area contributed by atoms with E-state index in [1.807, 2.05) is 55.5 Å². The summed E-state index contributed by atoms with van der Waals surface area (Å²) in [6.45, 7) is 2.35. The number of aromatic nitrogens is 2. The summed E-state index contributed by atoms with van der Waals surface area (Å²) in [7, 11) is -3.75. The van der Waals surface area contributed by atoms with Crippen molar-refractivity contribution < 1.29 is 13.2 Å². The highest BCUT2D eigenvalue weighted by molar-refractivity contribution is 7.90. The molecule has 0 fully saturated rings. The Morgan fingerprint density at radius 2 is 1.69 bits per heavy atom. The van der Waals surface area contributed by atoms with Crippen LogP contribution in [0.15, 0.2) is 96.2 Å². The van der Waals surface area contributed by atoms with Gasteiger partial charge in [-0.25, -0.2) is 17.4 Å². The molecule has 146 valence electrons. The van der Waals surface area contributed by atoms with Gasteiger partial charge in [-0.05, 0) is 36.8 Å². The van der Waals surface area contributed by atoms with Crippen molar-refractivity contribution in [2.24, 2.45) is 0 Å². The van der Waals surface area contributed by atoms with E-state index < -0.39 is 10.0 Å². The van der Waals surface area contributed by atoms with E-state index in [1.165, 1.54) is 16.4 Å². The summed E-state index contributed by atoms with van der Waals surface area (Å²) in [5, 5.41) is 0. The maximum Gasteiger partial charge on any atom is 0.269 e. The van der Waals surface area contributed by atoms with Gasteiger partial charge in [-0.3, -0.25) is 0 Å². The zero-order chi connectivity index (χ0) is 20.3. The van der Waals surface area contributed by atoms with Gasteiger partial charge >= 0.3 is 0 Å². The minimum Gasteiger partial charge on any atom is -0.489 e. The first-order valence-electron chi connectivity index (χ1n) is 9.17. The van der Waals surface area contributed by atoms with Gasteiger partial charge in [-0.15, -0.1) is 0 Å². The van der Waals surface area contributed by atoms with Crippen LogP contribution in [0.2, 0.25) is 0 Å². The molecule has 0 aliphatic heterocycles. The van der Waals surface area contributed by atoms with Crippen molar-refractivity contribution in [1.29, 1.82) is 0 Å². The maximum atomic E-state index is 13.1. The van der Waals surface area contributed by atoms with Crippen molar-refractivity contribution in [3.63, 3.8) is 0 Å². The van der Waals surface area contributed by atoms with Crippen molar-refractivity contribution in [3.05, 3.63) is 102 Å². The first-order valence-corrected chi connectivity index (χ1v) is 10.6. The second kappa shape index (κ2) is 7.93. The number of hydrogen-bond donors (Lipinski definition) is 0. The fraction of sp³-hybridized carbons (Fsp3) is 0.0870. The molecular formula is C23H20N2O3S. The summed E-state index contributed by atoms with van der Waals surface area (Å²) in [5.41, 5.74) is 2.72. The second-order valence-corrected chi connectivity index (χ2v) is 8.48. The zero-order valence-electron chi connectivity index (χ0n) is 15.9. The molecule has 0 aliphatic carbocycles. The average molecular weight is 404 g/mol. The molecule has 0 atom stereocenters. The topological polar surface area (TPSA) is 61.2 Å². The first kappa shape index (κ1) is 19.0. The van der Waals surface area contributed by atoms with Crippen LogP contribution in [0.25, 0.3) is 11.4 Å². The summed E-state index contributed by atoms with van der Waals surface area (Å²) >= 11 is 0. The normalized spacial score (nSPS) is 11.3. The Bertz CT molecular complexity index is 1210. The SMILES string of the molecule is Cc1ccc(S(=O)(=O)n2ccnc2-c2cccc(OCc3ccccc3)c2)cc1. The molecule has 0 unspecified atom stereocenters. The lowest BCUT2D eigenvalue weighted by Gasteiger charge is -2.11. The molecule has 1 heterocycles. The van der Waals surface area contributed by atoms with Gasteiger partial charge < -0.3 is 4.74 Å². The van der Waals surface area contributed by atoms with Crippen LogP contribution in [-0.4, -0.2) is 17.4 Å². The molecule has 0 bridgehead atoms. The van der Waals surface area contributed by atoms with Crippen molar-refractivity contribution in [3.8, 4) is 17.1 Å². The van der Waals surface area contributed by atoms with Gasteiger partial charge in [0.1, 0.15) is 12.4 Å². The quantitative estimate of drug-likeness (QED) is 0.468. The van der Waals surface area contributed by atoms with E-state index in [9.17, 15) is 8.42 Å². The number of imidazole rings is 1. The van der Waals surface area contributed by atoms with E-state index >= 15 is 0 Å². The number of benzene rings is 3. The highest BCUT2D eigenvalue weighted by atomic mass is 32.2. The zero-order valence-corrected chi connectivity index (χ0v) is 16.7. The average Bonchev–Trinajstić information content (AvgIpc) is 3.25. The predicted molar refractivity (Wildman–Crippen MR) is 112 cm³/mol. The molecule has 0 radical (unpaired) electrons. The third kappa shape index (κ3) is 4.07. The number of rotatable bonds is 6. The summed E-state index contributed by atoms with van der Waals surface area (Å²) in [6.07, 6.45) is 2.95. The third-order valence-corrected chi connectivity index (χ3v) is 6.21. The van der Waals surface area contributed by atoms with Gasteiger partial charge in [0.05, 0.1) is 4.90 Å². The molecule has 29 heavy (non-hydrogen) atoms. The van der Waals surface area contributed by atoms with Crippen molar-refractivity contribution in [2.75, 3.05) is 0 Å². The largest absolute Gasteiger partial charge is 0.489 e. The lowest BCUT2D eigenvalue weighted by atomic mass is 10.2. The predicted octanol–water partition coefficient (Wildman–Crippen LogP) is 4.67. The first-order chi connectivity index (χ1) is 14.0. The van der Waals surface area contributed by atoms with E-state index in [0.29, 0.717) is 23.7 Å².